The number of rotatable bonds is 5. The first-order valence-electron chi connectivity index (χ1n) is 6.76. The molecule has 8 nitrogen and oxygen atoms in total. The van der Waals surface area contributed by atoms with Gasteiger partial charge in [-0.05, 0) is 0 Å². The maximum absolute atomic E-state index is 10.3. The smallest absolute Gasteiger partial charge is 0.302 e. The molecule has 0 amide bonds. The average molecular weight is 328 g/mol. The Kier molecular flexibility index (Phi) is 19.3. The van der Waals surface area contributed by atoms with E-state index in [1.807, 2.05) is 0 Å². The highest BCUT2D eigenvalue weighted by Crippen LogP contribution is 1.89. The van der Waals surface area contributed by atoms with E-state index in [2.05, 4.69) is 42.3 Å². The molecule has 0 aliphatic carbocycles. The van der Waals surface area contributed by atoms with Crippen LogP contribution in [0.2, 0.25) is 0 Å². The van der Waals surface area contributed by atoms with Crippen molar-refractivity contribution < 1.29 is 39.0 Å². The summed E-state index contributed by atoms with van der Waals surface area (Å²) in [6, 6.07) is 0. The van der Waals surface area contributed by atoms with Crippen LogP contribution in [-0.4, -0.2) is 105 Å². The highest BCUT2D eigenvalue weighted by Gasteiger charge is 2.06. The minimum absolute atomic E-state index is 0. The Morgan fingerprint density at radius 3 is 1.36 bits per heavy atom. The minimum Gasteiger partial charge on any atom is -0.481 e. The van der Waals surface area contributed by atoms with Gasteiger partial charge in [0.25, 0.3) is 5.97 Å². The molecule has 8 heteroatoms. The van der Waals surface area contributed by atoms with Crippen molar-refractivity contribution in [1.29, 1.82) is 0 Å². The van der Waals surface area contributed by atoms with Gasteiger partial charge in [0.2, 0.25) is 0 Å². The second-order valence-corrected chi connectivity index (χ2v) is 6.61. The molecule has 0 aliphatic rings. The van der Waals surface area contributed by atoms with Crippen LogP contribution in [0.15, 0.2) is 0 Å². The van der Waals surface area contributed by atoms with Crippen molar-refractivity contribution in [1.82, 2.24) is 0 Å². The molecule has 22 heavy (non-hydrogen) atoms. The van der Waals surface area contributed by atoms with Crippen molar-refractivity contribution in [2.75, 3.05) is 68.6 Å². The van der Waals surface area contributed by atoms with Crippen LogP contribution in [0.1, 0.15) is 13.8 Å². The highest BCUT2D eigenvalue weighted by molar-refractivity contribution is 5.65. The fraction of sp³-hybridized carbons (Fsp3) is 0.857. The molecule has 0 rings (SSSR count). The summed E-state index contributed by atoms with van der Waals surface area (Å²) >= 11 is 0. The number of carboxylic acids is 1. The molecular weight excluding hydrogens is 292 g/mol. The third kappa shape index (κ3) is 62.1. The largest absolute Gasteiger partial charge is 0.481 e. The minimum atomic E-state index is -0.833. The predicted molar refractivity (Wildman–Crippen MR) is 86.4 cm³/mol. The molecule has 0 radical (unpaired) electrons. The summed E-state index contributed by atoms with van der Waals surface area (Å²) in [6.07, 6.45) is 0. The summed E-state index contributed by atoms with van der Waals surface area (Å²) in [5, 5.41) is 15.8. The van der Waals surface area contributed by atoms with Gasteiger partial charge >= 0.3 is 5.97 Å². The van der Waals surface area contributed by atoms with Gasteiger partial charge in [0.1, 0.15) is 19.7 Å². The van der Waals surface area contributed by atoms with Gasteiger partial charge in [-0.2, -0.15) is 0 Å². The van der Waals surface area contributed by atoms with E-state index in [0.717, 1.165) is 29.0 Å². The number of aliphatic hydroxyl groups is 1. The Morgan fingerprint density at radius 1 is 0.909 bits per heavy atom. The van der Waals surface area contributed by atoms with Gasteiger partial charge in [-0.25, -0.2) is 0 Å². The summed E-state index contributed by atoms with van der Waals surface area (Å²) in [7, 11) is 12.3. The molecular formula is C14H36N2O6+2. The zero-order valence-electron chi connectivity index (χ0n) is 15.3. The lowest BCUT2D eigenvalue weighted by molar-refractivity contribution is -0.870. The number of carbonyl (C=O) groups is 2. The van der Waals surface area contributed by atoms with Gasteiger partial charge in [-0.15, -0.1) is 0 Å². The molecule has 0 aliphatic heterocycles. The van der Waals surface area contributed by atoms with Crippen molar-refractivity contribution in [3.8, 4) is 0 Å². The van der Waals surface area contributed by atoms with Gasteiger partial charge in [0.15, 0.2) is 0 Å². The fourth-order valence-electron chi connectivity index (χ4n) is 0.763. The van der Waals surface area contributed by atoms with Gasteiger partial charge in [0, 0.05) is 13.8 Å². The zero-order chi connectivity index (χ0) is 17.7. The van der Waals surface area contributed by atoms with Crippen molar-refractivity contribution >= 4 is 11.9 Å². The van der Waals surface area contributed by atoms with Crippen LogP contribution in [0.4, 0.5) is 0 Å². The third-order valence-electron chi connectivity index (χ3n) is 1.84. The quantitative estimate of drug-likeness (QED) is 0.507. The Bertz CT molecular complexity index is 278. The van der Waals surface area contributed by atoms with Crippen LogP contribution in [-0.2, 0) is 14.3 Å². The molecule has 0 bridgehead atoms. The fourth-order valence-corrected chi connectivity index (χ4v) is 0.763. The van der Waals surface area contributed by atoms with E-state index >= 15 is 0 Å². The van der Waals surface area contributed by atoms with Crippen LogP contribution in [0.25, 0.3) is 0 Å². The molecule has 0 aromatic heterocycles. The summed E-state index contributed by atoms with van der Waals surface area (Å²) in [6.45, 7) is 5.00. The molecule has 0 atom stereocenters. The maximum atomic E-state index is 10.3. The Morgan fingerprint density at radius 2 is 1.23 bits per heavy atom. The van der Waals surface area contributed by atoms with Crippen molar-refractivity contribution in [2.24, 2.45) is 0 Å². The van der Waals surface area contributed by atoms with E-state index in [0.29, 0.717) is 6.61 Å². The number of nitrogens with zero attached hydrogens (tertiary/aromatic N) is 2. The molecule has 0 saturated heterocycles. The van der Waals surface area contributed by atoms with Crippen molar-refractivity contribution in [2.45, 2.75) is 13.8 Å². The summed E-state index contributed by atoms with van der Waals surface area (Å²) in [5.41, 5.74) is 0. The molecule has 0 fully saturated rings. The Balaban J connectivity index is -0.000000118. The third-order valence-corrected chi connectivity index (χ3v) is 1.84. The maximum Gasteiger partial charge on any atom is 0.302 e. The Labute approximate surface area is 134 Å². The van der Waals surface area contributed by atoms with E-state index in [1.54, 1.807) is 0 Å². The number of esters is 1. The van der Waals surface area contributed by atoms with Gasteiger partial charge in [-0.3, -0.25) is 9.59 Å². The van der Waals surface area contributed by atoms with Crippen LogP contribution < -0.4 is 0 Å². The summed E-state index contributed by atoms with van der Waals surface area (Å²) in [5.74, 6) is -1.03. The lowest BCUT2D eigenvalue weighted by Crippen LogP contribution is -2.37. The number of quaternary nitrogens is 2. The van der Waals surface area contributed by atoms with Crippen molar-refractivity contribution in [3.05, 3.63) is 0 Å². The molecule has 0 aromatic rings. The Hall–Kier alpha value is -1.22. The van der Waals surface area contributed by atoms with Gasteiger partial charge < -0.3 is 29.4 Å². The lowest BCUT2D eigenvalue weighted by atomic mass is 10.5. The number of ether oxygens (including phenoxy) is 1. The lowest BCUT2D eigenvalue weighted by Gasteiger charge is -2.23. The number of carbonyl (C=O) groups excluding carboxylic acids is 1. The normalized spacial score (nSPS) is 10.0. The average Bonchev–Trinajstić information content (AvgIpc) is 2.11. The van der Waals surface area contributed by atoms with E-state index in [4.69, 9.17) is 19.7 Å². The highest BCUT2D eigenvalue weighted by atomic mass is 16.5. The van der Waals surface area contributed by atoms with Crippen LogP contribution in [0, 0.1) is 0 Å². The first-order chi connectivity index (χ1) is 9.21. The first kappa shape index (κ1) is 28.9. The summed E-state index contributed by atoms with van der Waals surface area (Å²) in [4.78, 5) is 19.3. The molecule has 0 unspecified atom stereocenters. The number of hydrogen-bond acceptors (Lipinski definition) is 4. The van der Waals surface area contributed by atoms with E-state index in [9.17, 15) is 4.79 Å². The van der Waals surface area contributed by atoms with Crippen molar-refractivity contribution in [3.63, 3.8) is 0 Å². The number of hydrogen-bond donors (Lipinski definition) is 2. The van der Waals surface area contributed by atoms with Crippen LogP contribution in [0.3, 0.4) is 0 Å². The van der Waals surface area contributed by atoms with Gasteiger partial charge in [0.05, 0.1) is 48.9 Å². The molecule has 0 spiro atoms. The molecule has 0 aromatic carbocycles. The van der Waals surface area contributed by atoms with Crippen LogP contribution >= 0.6 is 0 Å². The zero-order valence-corrected chi connectivity index (χ0v) is 15.3. The van der Waals surface area contributed by atoms with Gasteiger partial charge in [-0.1, -0.05) is 0 Å². The second-order valence-electron chi connectivity index (χ2n) is 6.61. The molecule has 0 heterocycles. The topological polar surface area (TPSA) is 115 Å². The predicted octanol–water partition coefficient (Wildman–Crippen LogP) is -0.793. The van der Waals surface area contributed by atoms with E-state index < -0.39 is 5.97 Å². The van der Waals surface area contributed by atoms with E-state index in [-0.39, 0.29) is 18.1 Å². The monoisotopic (exact) mass is 328 g/mol. The van der Waals surface area contributed by atoms with E-state index in [1.165, 1.54) is 6.92 Å². The standard InChI is InChI=1S/C7H16NO2.C5H14NO.C2H4O2.H2O/c1-7(9)10-6-5-8(2,3)4;1-6(2,3)4-5-7;1-2(3)4;/h5-6H2,1-4H3;7H,4-5H2,1-3H3;1H3,(H,3,4);1H2/q2*+1;;. The van der Waals surface area contributed by atoms with Crippen LogP contribution in [0.5, 0.6) is 0 Å². The molecule has 0 saturated carbocycles. The second kappa shape index (κ2) is 14.7. The SMILES string of the molecule is CC(=O)O.CC(=O)OCC[N+](C)(C)C.C[N+](C)(C)CCO.O. The first-order valence-corrected chi connectivity index (χ1v) is 6.76. The summed E-state index contributed by atoms with van der Waals surface area (Å²) < 4.78 is 6.43. The molecule has 4 N–H and O–H groups in total. The number of carboxylic acid groups (broad SMARTS) is 1. The number of aliphatic carboxylic acids is 1. The number of aliphatic hydroxyl groups excluding tert-OH is 1. The molecule has 136 valence electrons. The number of likely N-dealkylation sites (N-methyl/N-ethyl adjacent to an activating group) is 2.